The van der Waals surface area contributed by atoms with Crippen molar-refractivity contribution in [2.24, 2.45) is 4.99 Å². The van der Waals surface area contributed by atoms with E-state index in [4.69, 9.17) is 18.9 Å². The molecule has 0 aliphatic carbocycles. The minimum Gasteiger partial charge on any atom is -0.490 e. The molecule has 1 aliphatic rings. The molecule has 1 heterocycles. The first-order valence-electron chi connectivity index (χ1n) is 10.9. The highest BCUT2D eigenvalue weighted by atomic mass is 16.6. The SMILES string of the molecule is CCOc1ccc(C2=N/C(=C/c3ccc(OCc4ccccc4)cc3)C(=O)O2)cc1OCC. The highest BCUT2D eigenvalue weighted by Gasteiger charge is 2.25. The fourth-order valence-electron chi connectivity index (χ4n) is 3.28. The van der Waals surface area contributed by atoms with Crippen LogP contribution in [-0.4, -0.2) is 25.1 Å². The van der Waals surface area contributed by atoms with Crippen LogP contribution >= 0.6 is 0 Å². The molecule has 4 rings (SSSR count). The molecule has 0 atom stereocenters. The number of carbonyl (C=O) groups excluding carboxylic acids is 1. The van der Waals surface area contributed by atoms with E-state index in [1.807, 2.05) is 68.4 Å². The molecule has 0 spiro atoms. The summed E-state index contributed by atoms with van der Waals surface area (Å²) in [7, 11) is 0. The van der Waals surface area contributed by atoms with Crippen LogP contribution in [0.15, 0.2) is 83.5 Å². The van der Waals surface area contributed by atoms with Gasteiger partial charge in [0.15, 0.2) is 17.2 Å². The number of hydrogen-bond acceptors (Lipinski definition) is 6. The lowest BCUT2D eigenvalue weighted by molar-refractivity contribution is -0.129. The molecule has 0 unspecified atom stereocenters. The average Bonchev–Trinajstić information content (AvgIpc) is 3.21. The predicted octanol–water partition coefficient (Wildman–Crippen LogP) is 5.41. The first-order chi connectivity index (χ1) is 16.2. The molecule has 0 bridgehead atoms. The minimum atomic E-state index is -0.499. The molecule has 0 radical (unpaired) electrons. The van der Waals surface area contributed by atoms with Gasteiger partial charge in [-0.1, -0.05) is 42.5 Å². The number of cyclic esters (lactones) is 1. The van der Waals surface area contributed by atoms with Crippen LogP contribution in [-0.2, 0) is 16.1 Å². The Morgan fingerprint density at radius 1 is 0.848 bits per heavy atom. The Bertz CT molecular complexity index is 1170. The number of nitrogens with zero attached hydrogens (tertiary/aromatic N) is 1. The maximum Gasteiger partial charge on any atom is 0.363 e. The maximum atomic E-state index is 12.4. The lowest BCUT2D eigenvalue weighted by atomic mass is 10.2. The Morgan fingerprint density at radius 3 is 2.30 bits per heavy atom. The van der Waals surface area contributed by atoms with Crippen LogP contribution in [0, 0.1) is 0 Å². The summed E-state index contributed by atoms with van der Waals surface area (Å²) < 4.78 is 22.4. The second-order valence-corrected chi connectivity index (χ2v) is 7.21. The summed E-state index contributed by atoms with van der Waals surface area (Å²) in [5, 5.41) is 0. The van der Waals surface area contributed by atoms with E-state index in [1.54, 1.807) is 24.3 Å². The van der Waals surface area contributed by atoms with E-state index < -0.39 is 5.97 Å². The van der Waals surface area contributed by atoms with Crippen molar-refractivity contribution < 1.29 is 23.7 Å². The van der Waals surface area contributed by atoms with Crippen LogP contribution in [0.5, 0.6) is 17.2 Å². The van der Waals surface area contributed by atoms with Crippen molar-refractivity contribution in [3.05, 3.63) is 95.2 Å². The van der Waals surface area contributed by atoms with E-state index in [2.05, 4.69) is 4.99 Å². The summed E-state index contributed by atoms with van der Waals surface area (Å²) in [5.41, 5.74) is 2.79. The first kappa shape index (κ1) is 22.1. The first-order valence-corrected chi connectivity index (χ1v) is 10.9. The van der Waals surface area contributed by atoms with Gasteiger partial charge in [0.05, 0.1) is 13.2 Å². The molecule has 3 aromatic rings. The summed E-state index contributed by atoms with van der Waals surface area (Å²) in [6, 6.07) is 22.8. The van der Waals surface area contributed by atoms with Crippen molar-refractivity contribution in [1.29, 1.82) is 0 Å². The average molecular weight is 443 g/mol. The molecular formula is C27H25NO5. The third kappa shape index (κ3) is 5.60. The molecule has 0 saturated carbocycles. The lowest BCUT2D eigenvalue weighted by Gasteiger charge is -2.11. The molecular weight excluding hydrogens is 418 g/mol. The number of rotatable bonds is 9. The zero-order valence-electron chi connectivity index (χ0n) is 18.6. The summed E-state index contributed by atoms with van der Waals surface area (Å²) in [4.78, 5) is 16.8. The smallest absolute Gasteiger partial charge is 0.363 e. The van der Waals surface area contributed by atoms with Crippen molar-refractivity contribution >= 4 is 17.9 Å². The fraction of sp³-hybridized carbons (Fsp3) is 0.185. The number of hydrogen-bond donors (Lipinski definition) is 0. The fourth-order valence-corrected chi connectivity index (χ4v) is 3.28. The van der Waals surface area contributed by atoms with E-state index in [0.29, 0.717) is 36.9 Å². The van der Waals surface area contributed by atoms with Gasteiger partial charge >= 0.3 is 5.97 Å². The van der Waals surface area contributed by atoms with E-state index in [0.717, 1.165) is 16.9 Å². The van der Waals surface area contributed by atoms with Crippen LogP contribution < -0.4 is 14.2 Å². The molecule has 168 valence electrons. The molecule has 6 heteroatoms. The minimum absolute atomic E-state index is 0.231. The normalized spacial score (nSPS) is 14.1. The highest BCUT2D eigenvalue weighted by Crippen LogP contribution is 2.30. The topological polar surface area (TPSA) is 66.4 Å². The Labute approximate surface area is 193 Å². The Kier molecular flexibility index (Phi) is 7.05. The molecule has 1 aliphatic heterocycles. The number of ether oxygens (including phenoxy) is 4. The van der Waals surface area contributed by atoms with E-state index in [1.165, 1.54) is 0 Å². The molecule has 33 heavy (non-hydrogen) atoms. The predicted molar refractivity (Wildman–Crippen MR) is 127 cm³/mol. The number of aliphatic imine (C=N–C) groups is 1. The van der Waals surface area contributed by atoms with Gasteiger partial charge in [0, 0.05) is 5.56 Å². The van der Waals surface area contributed by atoms with Gasteiger partial charge in [-0.2, -0.15) is 0 Å². The quantitative estimate of drug-likeness (QED) is 0.327. The highest BCUT2D eigenvalue weighted by molar-refractivity contribution is 6.13. The zero-order valence-corrected chi connectivity index (χ0v) is 18.6. The van der Waals surface area contributed by atoms with Crippen LogP contribution in [0.25, 0.3) is 6.08 Å². The number of carbonyl (C=O) groups is 1. The summed E-state index contributed by atoms with van der Waals surface area (Å²) in [6.07, 6.45) is 1.69. The Balaban J connectivity index is 1.48. The Morgan fingerprint density at radius 2 is 1.58 bits per heavy atom. The van der Waals surface area contributed by atoms with Gasteiger partial charge in [-0.15, -0.1) is 0 Å². The number of benzene rings is 3. The second kappa shape index (κ2) is 10.5. The molecule has 0 saturated heterocycles. The summed E-state index contributed by atoms with van der Waals surface area (Å²) >= 11 is 0. The van der Waals surface area contributed by atoms with E-state index in [9.17, 15) is 4.79 Å². The van der Waals surface area contributed by atoms with Crippen LogP contribution in [0.4, 0.5) is 0 Å². The largest absolute Gasteiger partial charge is 0.490 e. The van der Waals surface area contributed by atoms with Gasteiger partial charge in [-0.05, 0) is 61.4 Å². The third-order valence-corrected chi connectivity index (χ3v) is 4.84. The van der Waals surface area contributed by atoms with Gasteiger partial charge in [-0.25, -0.2) is 9.79 Å². The van der Waals surface area contributed by atoms with Crippen molar-refractivity contribution in [2.45, 2.75) is 20.5 Å². The van der Waals surface area contributed by atoms with E-state index in [-0.39, 0.29) is 11.6 Å². The van der Waals surface area contributed by atoms with Crippen molar-refractivity contribution in [3.8, 4) is 17.2 Å². The summed E-state index contributed by atoms with van der Waals surface area (Å²) in [5.74, 6) is 1.70. The van der Waals surface area contributed by atoms with Crippen LogP contribution in [0.2, 0.25) is 0 Å². The molecule has 3 aromatic carbocycles. The molecule has 0 N–H and O–H groups in total. The summed E-state index contributed by atoms with van der Waals surface area (Å²) in [6.45, 7) is 5.32. The molecule has 6 nitrogen and oxygen atoms in total. The van der Waals surface area contributed by atoms with Gasteiger partial charge in [0.1, 0.15) is 12.4 Å². The monoisotopic (exact) mass is 443 g/mol. The Hall–Kier alpha value is -4.06. The molecule has 0 amide bonds. The number of esters is 1. The van der Waals surface area contributed by atoms with Crippen molar-refractivity contribution in [2.75, 3.05) is 13.2 Å². The van der Waals surface area contributed by atoms with Gasteiger partial charge < -0.3 is 18.9 Å². The van der Waals surface area contributed by atoms with Gasteiger partial charge in [0.2, 0.25) is 5.90 Å². The van der Waals surface area contributed by atoms with Gasteiger partial charge in [0.25, 0.3) is 0 Å². The van der Waals surface area contributed by atoms with Crippen molar-refractivity contribution in [3.63, 3.8) is 0 Å². The molecule has 0 aromatic heterocycles. The van der Waals surface area contributed by atoms with E-state index >= 15 is 0 Å². The standard InChI is InChI=1S/C27H25NO5/c1-3-30-24-15-12-21(17-25(24)31-4-2)26-28-23(27(29)33-26)16-19-10-13-22(14-11-19)32-18-20-8-6-5-7-9-20/h5-17H,3-4,18H2,1-2H3/b23-16+. The lowest BCUT2D eigenvalue weighted by Crippen LogP contribution is -2.06. The van der Waals surface area contributed by atoms with Crippen molar-refractivity contribution in [1.82, 2.24) is 0 Å². The third-order valence-electron chi connectivity index (χ3n) is 4.84. The van der Waals surface area contributed by atoms with Crippen LogP contribution in [0.3, 0.4) is 0 Å². The maximum absolute atomic E-state index is 12.4. The molecule has 0 fully saturated rings. The zero-order chi connectivity index (χ0) is 23.0. The van der Waals surface area contributed by atoms with Gasteiger partial charge in [-0.3, -0.25) is 0 Å². The van der Waals surface area contributed by atoms with Crippen LogP contribution in [0.1, 0.15) is 30.5 Å². The second-order valence-electron chi connectivity index (χ2n) is 7.21.